The zero-order chi connectivity index (χ0) is 13.7. The maximum Gasteiger partial charge on any atom is 0.308 e. The van der Waals surface area contributed by atoms with Gasteiger partial charge >= 0.3 is 5.97 Å². The molecule has 0 bridgehead atoms. The number of benzene rings is 1. The van der Waals surface area contributed by atoms with Gasteiger partial charge < -0.3 is 15.2 Å². The number of carboxylic acid groups (broad SMARTS) is 1. The molecule has 1 atom stereocenters. The summed E-state index contributed by atoms with van der Waals surface area (Å²) in [6.07, 6.45) is 0. The van der Waals surface area contributed by atoms with E-state index >= 15 is 0 Å². The molecule has 18 heavy (non-hydrogen) atoms. The van der Waals surface area contributed by atoms with Crippen LogP contribution in [0.25, 0.3) is 0 Å². The molecule has 0 fully saturated rings. The zero-order valence-electron chi connectivity index (χ0n) is 10.7. The third kappa shape index (κ3) is 3.61. The Hall–Kier alpha value is -1.78. The van der Waals surface area contributed by atoms with Crippen molar-refractivity contribution < 1.29 is 19.0 Å². The van der Waals surface area contributed by atoms with Crippen molar-refractivity contribution >= 4 is 11.7 Å². The maximum absolute atomic E-state index is 13.1. The van der Waals surface area contributed by atoms with Crippen LogP contribution in [0.3, 0.4) is 0 Å². The number of rotatable bonds is 6. The standard InChI is InChI=1S/C13H18FNO3/c1-8(2)10(13(16)17)7-15-11-6-9(14)4-5-12(11)18-3/h4-6,8,10,15H,7H2,1-3H3,(H,16,17). The number of ether oxygens (including phenoxy) is 1. The third-order valence-electron chi connectivity index (χ3n) is 2.80. The lowest BCUT2D eigenvalue weighted by Gasteiger charge is -2.18. The van der Waals surface area contributed by atoms with Gasteiger partial charge in [-0.25, -0.2) is 4.39 Å². The highest BCUT2D eigenvalue weighted by Gasteiger charge is 2.21. The normalized spacial score (nSPS) is 12.3. The largest absolute Gasteiger partial charge is 0.495 e. The lowest BCUT2D eigenvalue weighted by atomic mass is 9.96. The number of hydrogen-bond acceptors (Lipinski definition) is 3. The molecule has 0 aliphatic rings. The van der Waals surface area contributed by atoms with Crippen LogP contribution in [0.2, 0.25) is 0 Å². The predicted molar refractivity (Wildman–Crippen MR) is 67.4 cm³/mol. The van der Waals surface area contributed by atoms with Crippen molar-refractivity contribution in [1.82, 2.24) is 0 Å². The fourth-order valence-corrected chi connectivity index (χ4v) is 1.65. The van der Waals surface area contributed by atoms with Gasteiger partial charge in [-0.15, -0.1) is 0 Å². The monoisotopic (exact) mass is 255 g/mol. The highest BCUT2D eigenvalue weighted by Crippen LogP contribution is 2.25. The number of methoxy groups -OCH3 is 1. The Morgan fingerprint density at radius 2 is 2.17 bits per heavy atom. The van der Waals surface area contributed by atoms with Crippen molar-refractivity contribution in [3.8, 4) is 5.75 Å². The fraction of sp³-hybridized carbons (Fsp3) is 0.462. The Balaban J connectivity index is 2.78. The van der Waals surface area contributed by atoms with Crippen LogP contribution in [0.1, 0.15) is 13.8 Å². The first-order valence-corrected chi connectivity index (χ1v) is 5.76. The molecule has 0 aliphatic heterocycles. The van der Waals surface area contributed by atoms with E-state index in [4.69, 9.17) is 9.84 Å². The molecule has 1 unspecified atom stereocenters. The lowest BCUT2D eigenvalue weighted by molar-refractivity contribution is -0.142. The maximum atomic E-state index is 13.1. The van der Waals surface area contributed by atoms with Gasteiger partial charge in [0.25, 0.3) is 0 Å². The van der Waals surface area contributed by atoms with Crippen molar-refractivity contribution in [2.45, 2.75) is 13.8 Å². The minimum atomic E-state index is -0.868. The first-order valence-electron chi connectivity index (χ1n) is 5.76. The van der Waals surface area contributed by atoms with Crippen LogP contribution in [0.5, 0.6) is 5.75 Å². The number of aliphatic carboxylic acids is 1. The summed E-state index contributed by atoms with van der Waals surface area (Å²) in [5.41, 5.74) is 0.462. The van der Waals surface area contributed by atoms with Gasteiger partial charge in [-0.05, 0) is 18.1 Å². The summed E-state index contributed by atoms with van der Waals surface area (Å²) in [5, 5.41) is 12.0. The zero-order valence-corrected chi connectivity index (χ0v) is 10.7. The van der Waals surface area contributed by atoms with E-state index in [1.54, 1.807) is 0 Å². The Kier molecular flexibility index (Phi) is 4.95. The van der Waals surface area contributed by atoms with Crippen molar-refractivity contribution in [2.24, 2.45) is 11.8 Å². The SMILES string of the molecule is COc1ccc(F)cc1NCC(C(=O)O)C(C)C. The summed E-state index contributed by atoms with van der Waals surface area (Å²) in [6, 6.07) is 4.09. The van der Waals surface area contributed by atoms with E-state index < -0.39 is 17.7 Å². The van der Waals surface area contributed by atoms with Crippen molar-refractivity contribution in [2.75, 3.05) is 19.0 Å². The first kappa shape index (κ1) is 14.3. The molecular formula is C13H18FNO3. The number of carbonyl (C=O) groups is 1. The predicted octanol–water partition coefficient (Wildman–Crippen LogP) is 2.60. The van der Waals surface area contributed by atoms with Crippen LogP contribution < -0.4 is 10.1 Å². The van der Waals surface area contributed by atoms with Crippen molar-refractivity contribution in [3.63, 3.8) is 0 Å². The van der Waals surface area contributed by atoms with Gasteiger partial charge in [0.15, 0.2) is 0 Å². The van der Waals surface area contributed by atoms with E-state index in [9.17, 15) is 9.18 Å². The molecule has 0 saturated carbocycles. The summed E-state index contributed by atoms with van der Waals surface area (Å²) < 4.78 is 18.2. The van der Waals surface area contributed by atoms with Crippen molar-refractivity contribution in [3.05, 3.63) is 24.0 Å². The molecule has 0 spiro atoms. The molecule has 0 heterocycles. The minimum Gasteiger partial charge on any atom is -0.495 e. The van der Waals surface area contributed by atoms with E-state index in [-0.39, 0.29) is 12.5 Å². The second-order valence-corrected chi connectivity index (χ2v) is 4.41. The molecule has 1 rings (SSSR count). The van der Waals surface area contributed by atoms with Gasteiger partial charge in [-0.3, -0.25) is 4.79 Å². The highest BCUT2D eigenvalue weighted by molar-refractivity contribution is 5.71. The van der Waals surface area contributed by atoms with Gasteiger partial charge in [0.05, 0.1) is 18.7 Å². The molecular weight excluding hydrogens is 237 g/mol. The summed E-state index contributed by atoms with van der Waals surface area (Å²) in [4.78, 5) is 11.0. The molecule has 0 aromatic heterocycles. The summed E-state index contributed by atoms with van der Waals surface area (Å²) in [6.45, 7) is 3.90. The molecule has 5 heteroatoms. The smallest absolute Gasteiger partial charge is 0.308 e. The Morgan fingerprint density at radius 1 is 1.50 bits per heavy atom. The topological polar surface area (TPSA) is 58.6 Å². The van der Waals surface area contributed by atoms with E-state index in [1.165, 1.54) is 25.3 Å². The summed E-state index contributed by atoms with van der Waals surface area (Å²) >= 11 is 0. The second kappa shape index (κ2) is 6.23. The summed E-state index contributed by atoms with van der Waals surface area (Å²) in [5.74, 6) is -1.31. The average molecular weight is 255 g/mol. The first-order chi connectivity index (χ1) is 8.45. The molecule has 2 N–H and O–H groups in total. The van der Waals surface area contributed by atoms with E-state index in [2.05, 4.69) is 5.32 Å². The molecule has 0 saturated heterocycles. The van der Waals surface area contributed by atoms with E-state index in [0.29, 0.717) is 11.4 Å². The molecule has 0 aliphatic carbocycles. The fourth-order valence-electron chi connectivity index (χ4n) is 1.65. The average Bonchev–Trinajstić information content (AvgIpc) is 2.28. The number of nitrogens with one attached hydrogen (secondary N) is 1. The Morgan fingerprint density at radius 3 is 2.67 bits per heavy atom. The molecule has 0 radical (unpaired) electrons. The van der Waals surface area contributed by atoms with E-state index in [0.717, 1.165) is 0 Å². The molecule has 0 amide bonds. The number of carboxylic acids is 1. The van der Waals surface area contributed by atoms with Crippen LogP contribution in [-0.4, -0.2) is 24.7 Å². The molecule has 1 aromatic rings. The van der Waals surface area contributed by atoms with Gasteiger partial charge in [-0.2, -0.15) is 0 Å². The quantitative estimate of drug-likeness (QED) is 0.820. The van der Waals surface area contributed by atoms with Crippen LogP contribution in [0, 0.1) is 17.7 Å². The van der Waals surface area contributed by atoms with Gasteiger partial charge in [0.2, 0.25) is 0 Å². The molecule has 4 nitrogen and oxygen atoms in total. The van der Waals surface area contributed by atoms with Gasteiger partial charge in [0.1, 0.15) is 11.6 Å². The second-order valence-electron chi connectivity index (χ2n) is 4.41. The van der Waals surface area contributed by atoms with Gasteiger partial charge in [0, 0.05) is 12.6 Å². The Bertz CT molecular complexity index is 421. The van der Waals surface area contributed by atoms with Crippen LogP contribution in [-0.2, 0) is 4.79 Å². The molecule has 100 valence electrons. The minimum absolute atomic E-state index is 0.00504. The summed E-state index contributed by atoms with van der Waals surface area (Å²) in [7, 11) is 1.48. The van der Waals surface area contributed by atoms with Crippen LogP contribution >= 0.6 is 0 Å². The highest BCUT2D eigenvalue weighted by atomic mass is 19.1. The molecule has 1 aromatic carbocycles. The third-order valence-corrected chi connectivity index (χ3v) is 2.80. The van der Waals surface area contributed by atoms with Crippen LogP contribution in [0.4, 0.5) is 10.1 Å². The van der Waals surface area contributed by atoms with E-state index in [1.807, 2.05) is 13.8 Å². The number of hydrogen-bond donors (Lipinski definition) is 2. The van der Waals surface area contributed by atoms with Gasteiger partial charge in [-0.1, -0.05) is 13.8 Å². The van der Waals surface area contributed by atoms with Crippen LogP contribution in [0.15, 0.2) is 18.2 Å². The number of anilines is 1. The Labute approximate surface area is 106 Å². The number of halogens is 1. The van der Waals surface area contributed by atoms with Crippen molar-refractivity contribution in [1.29, 1.82) is 0 Å². The lowest BCUT2D eigenvalue weighted by Crippen LogP contribution is -2.27.